The number of likely N-dealkylation sites (N-methyl/N-ethyl adjacent to an activating group) is 1. The predicted octanol–water partition coefficient (Wildman–Crippen LogP) is 1.89. The number of nitrogens with zero attached hydrogens (tertiary/aromatic N) is 1. The molecule has 2 fully saturated rings. The van der Waals surface area contributed by atoms with E-state index in [1.165, 1.54) is 0 Å². The van der Waals surface area contributed by atoms with Crippen LogP contribution in [0.15, 0.2) is 30.3 Å². The van der Waals surface area contributed by atoms with Gasteiger partial charge in [0.15, 0.2) is 0 Å². The summed E-state index contributed by atoms with van der Waals surface area (Å²) in [5, 5.41) is 2.98. The van der Waals surface area contributed by atoms with Gasteiger partial charge < -0.3 is 10.2 Å². The third-order valence-electron chi connectivity index (χ3n) is 4.84. The summed E-state index contributed by atoms with van der Waals surface area (Å²) >= 11 is 0. The fraction of sp³-hybridized carbons (Fsp3) is 0.529. The van der Waals surface area contributed by atoms with Crippen molar-refractivity contribution in [1.82, 2.24) is 10.2 Å². The van der Waals surface area contributed by atoms with Gasteiger partial charge in [0.25, 0.3) is 0 Å². The Morgan fingerprint density at radius 3 is 2.48 bits per heavy atom. The molecule has 0 bridgehead atoms. The fourth-order valence-corrected chi connectivity index (χ4v) is 3.78. The van der Waals surface area contributed by atoms with E-state index < -0.39 is 11.6 Å². The molecular weight excluding hydrogens is 264 g/mol. The summed E-state index contributed by atoms with van der Waals surface area (Å²) in [6.45, 7) is 2.58. The normalized spacial score (nSPS) is 24.4. The first-order chi connectivity index (χ1) is 10.2. The zero-order valence-corrected chi connectivity index (χ0v) is 12.5. The van der Waals surface area contributed by atoms with Crippen LogP contribution in [0.5, 0.6) is 0 Å². The number of hydrogen-bond acceptors (Lipinski definition) is 2. The van der Waals surface area contributed by atoms with Gasteiger partial charge in [0, 0.05) is 13.0 Å². The maximum Gasteiger partial charge on any atom is 0.246 e. The van der Waals surface area contributed by atoms with Crippen LogP contribution in [-0.4, -0.2) is 34.8 Å². The second-order valence-corrected chi connectivity index (χ2v) is 6.04. The van der Waals surface area contributed by atoms with Crippen molar-refractivity contribution in [3.05, 3.63) is 35.9 Å². The summed E-state index contributed by atoms with van der Waals surface area (Å²) in [6, 6.07) is 9.44. The van der Waals surface area contributed by atoms with Crippen molar-refractivity contribution in [2.45, 2.75) is 50.6 Å². The largest absolute Gasteiger partial charge is 0.342 e. The van der Waals surface area contributed by atoms with Gasteiger partial charge in [-0.1, -0.05) is 43.2 Å². The maximum atomic E-state index is 12.8. The summed E-state index contributed by atoms with van der Waals surface area (Å²) in [4.78, 5) is 27.2. The van der Waals surface area contributed by atoms with Crippen molar-refractivity contribution in [3.8, 4) is 0 Å². The van der Waals surface area contributed by atoms with Gasteiger partial charge in [0.05, 0.1) is 0 Å². The second kappa shape index (κ2) is 5.51. The Kier molecular flexibility index (Phi) is 3.70. The molecule has 2 amide bonds. The van der Waals surface area contributed by atoms with E-state index in [0.717, 1.165) is 31.2 Å². The molecule has 1 saturated heterocycles. The van der Waals surface area contributed by atoms with E-state index in [1.54, 1.807) is 0 Å². The van der Waals surface area contributed by atoms with Gasteiger partial charge in [-0.25, -0.2) is 0 Å². The van der Waals surface area contributed by atoms with Crippen LogP contribution in [0, 0.1) is 0 Å². The zero-order valence-electron chi connectivity index (χ0n) is 12.5. The highest BCUT2D eigenvalue weighted by Gasteiger charge is 2.52. The molecule has 112 valence electrons. The van der Waals surface area contributed by atoms with Crippen LogP contribution in [-0.2, 0) is 16.0 Å². The average Bonchev–Trinajstić information content (AvgIpc) is 2.97. The lowest BCUT2D eigenvalue weighted by Crippen LogP contribution is -2.70. The summed E-state index contributed by atoms with van der Waals surface area (Å²) in [5.41, 5.74) is 0.508. The monoisotopic (exact) mass is 286 g/mol. The van der Waals surface area contributed by atoms with Crippen LogP contribution in [0.1, 0.15) is 38.2 Å². The number of rotatable bonds is 3. The lowest BCUT2D eigenvalue weighted by molar-refractivity contribution is -0.156. The first-order valence-corrected chi connectivity index (χ1v) is 7.84. The van der Waals surface area contributed by atoms with E-state index in [1.807, 2.05) is 42.2 Å². The quantitative estimate of drug-likeness (QED) is 0.922. The highest BCUT2D eigenvalue weighted by Crippen LogP contribution is 2.38. The molecule has 4 nitrogen and oxygen atoms in total. The topological polar surface area (TPSA) is 49.4 Å². The highest BCUT2D eigenvalue weighted by molar-refractivity contribution is 6.00. The standard InChI is InChI=1S/C17H22N2O2/c1-2-19-15(20)14(12-13-8-4-3-5-9-13)18-16(21)17(19)10-6-7-11-17/h3-5,8-9,14H,2,6-7,10-12H2,1H3,(H,18,21). The molecule has 1 aliphatic carbocycles. The van der Waals surface area contributed by atoms with Crippen LogP contribution in [0.4, 0.5) is 0 Å². The minimum Gasteiger partial charge on any atom is -0.342 e. The van der Waals surface area contributed by atoms with Gasteiger partial charge in [-0.2, -0.15) is 0 Å². The first-order valence-electron chi connectivity index (χ1n) is 7.84. The minimum atomic E-state index is -0.570. The molecule has 2 aliphatic rings. The van der Waals surface area contributed by atoms with E-state index in [9.17, 15) is 9.59 Å². The zero-order chi connectivity index (χ0) is 14.9. The molecule has 1 saturated carbocycles. The van der Waals surface area contributed by atoms with Crippen LogP contribution >= 0.6 is 0 Å². The molecule has 1 aromatic rings. The van der Waals surface area contributed by atoms with Crippen LogP contribution < -0.4 is 5.32 Å². The number of carbonyl (C=O) groups excluding carboxylic acids is 2. The van der Waals surface area contributed by atoms with Crippen molar-refractivity contribution in [2.75, 3.05) is 6.54 Å². The number of carbonyl (C=O) groups is 2. The third kappa shape index (κ3) is 2.33. The van der Waals surface area contributed by atoms with Gasteiger partial charge in [-0.05, 0) is 25.3 Å². The molecule has 1 spiro atoms. The third-order valence-corrected chi connectivity index (χ3v) is 4.84. The Morgan fingerprint density at radius 2 is 1.86 bits per heavy atom. The molecule has 0 radical (unpaired) electrons. The second-order valence-electron chi connectivity index (χ2n) is 6.04. The summed E-state index contributed by atoms with van der Waals surface area (Å²) in [6.07, 6.45) is 4.23. The van der Waals surface area contributed by atoms with Crippen LogP contribution in [0.2, 0.25) is 0 Å². The Hall–Kier alpha value is -1.84. The number of amides is 2. The molecule has 21 heavy (non-hydrogen) atoms. The predicted molar refractivity (Wildman–Crippen MR) is 80.7 cm³/mol. The van der Waals surface area contributed by atoms with E-state index in [4.69, 9.17) is 0 Å². The Bertz CT molecular complexity index is 535. The molecule has 1 N–H and O–H groups in total. The van der Waals surface area contributed by atoms with Gasteiger partial charge in [0.2, 0.25) is 11.8 Å². The molecule has 1 unspecified atom stereocenters. The number of piperazine rings is 1. The van der Waals surface area contributed by atoms with Crippen molar-refractivity contribution in [3.63, 3.8) is 0 Å². The van der Waals surface area contributed by atoms with Crippen molar-refractivity contribution in [2.24, 2.45) is 0 Å². The van der Waals surface area contributed by atoms with Gasteiger partial charge in [-0.3, -0.25) is 9.59 Å². The molecular formula is C17H22N2O2. The van der Waals surface area contributed by atoms with Crippen LogP contribution in [0.3, 0.4) is 0 Å². The maximum absolute atomic E-state index is 12.8. The lowest BCUT2D eigenvalue weighted by Gasteiger charge is -2.46. The molecule has 0 aromatic heterocycles. The molecule has 3 rings (SSSR count). The number of nitrogens with one attached hydrogen (secondary N) is 1. The van der Waals surface area contributed by atoms with Gasteiger partial charge >= 0.3 is 0 Å². The van der Waals surface area contributed by atoms with E-state index >= 15 is 0 Å². The lowest BCUT2D eigenvalue weighted by atomic mass is 9.88. The summed E-state index contributed by atoms with van der Waals surface area (Å²) in [5.74, 6) is 0.116. The van der Waals surface area contributed by atoms with Crippen LogP contribution in [0.25, 0.3) is 0 Å². The molecule has 1 atom stereocenters. The number of hydrogen-bond donors (Lipinski definition) is 1. The Morgan fingerprint density at radius 1 is 1.19 bits per heavy atom. The van der Waals surface area contributed by atoms with Gasteiger partial charge in [-0.15, -0.1) is 0 Å². The molecule has 4 heteroatoms. The minimum absolute atomic E-state index is 0.0439. The van der Waals surface area contributed by atoms with Gasteiger partial charge in [0.1, 0.15) is 11.6 Å². The van der Waals surface area contributed by atoms with Crippen molar-refractivity contribution in [1.29, 1.82) is 0 Å². The van der Waals surface area contributed by atoms with Crippen molar-refractivity contribution < 1.29 is 9.59 Å². The molecule has 1 heterocycles. The smallest absolute Gasteiger partial charge is 0.246 e. The van der Waals surface area contributed by atoms with E-state index in [2.05, 4.69) is 5.32 Å². The summed E-state index contributed by atoms with van der Waals surface area (Å²) in [7, 11) is 0. The van der Waals surface area contributed by atoms with E-state index in [-0.39, 0.29) is 11.8 Å². The van der Waals surface area contributed by atoms with Crippen molar-refractivity contribution >= 4 is 11.8 Å². The first kappa shape index (κ1) is 14.1. The fourth-order valence-electron chi connectivity index (χ4n) is 3.78. The highest BCUT2D eigenvalue weighted by atomic mass is 16.2. The molecule has 1 aromatic carbocycles. The summed E-state index contributed by atoms with van der Waals surface area (Å²) < 4.78 is 0. The average molecular weight is 286 g/mol. The Balaban J connectivity index is 1.83. The Labute approximate surface area is 125 Å². The molecule has 1 aliphatic heterocycles. The van der Waals surface area contributed by atoms with E-state index in [0.29, 0.717) is 13.0 Å². The number of benzene rings is 1. The SMILES string of the molecule is CCN1C(=O)C(Cc2ccccc2)NC(=O)C12CCCC2.